The molecule has 0 radical (unpaired) electrons. The van der Waals surface area contributed by atoms with Crippen LogP contribution in [-0.2, 0) is 11.2 Å². The summed E-state index contributed by atoms with van der Waals surface area (Å²) in [6.07, 6.45) is 0.945. The largest absolute Gasteiger partial charge is 0.493 e. The first-order chi connectivity index (χ1) is 12.5. The topological polar surface area (TPSA) is 87.0 Å². The van der Waals surface area contributed by atoms with Crippen molar-refractivity contribution >= 4 is 22.5 Å². The van der Waals surface area contributed by atoms with Crippen LogP contribution in [0.15, 0.2) is 46.6 Å². The summed E-state index contributed by atoms with van der Waals surface area (Å²) in [4.78, 5) is 14.8. The maximum atomic E-state index is 11.9. The number of aromatic amines is 1. The van der Waals surface area contributed by atoms with Crippen LogP contribution in [0.3, 0.4) is 0 Å². The van der Waals surface area contributed by atoms with Crippen molar-refractivity contribution in [3.8, 4) is 11.6 Å². The van der Waals surface area contributed by atoms with E-state index in [2.05, 4.69) is 22.1 Å². The average Bonchev–Trinajstić information content (AvgIpc) is 2.94. The van der Waals surface area contributed by atoms with E-state index in [-0.39, 0.29) is 18.2 Å². The summed E-state index contributed by atoms with van der Waals surface area (Å²) in [5.41, 5.74) is 4.26. The minimum Gasteiger partial charge on any atom is -0.493 e. The van der Waals surface area contributed by atoms with Crippen molar-refractivity contribution in [2.75, 3.05) is 6.61 Å². The molecule has 134 valence electrons. The molecule has 0 atom stereocenters. The summed E-state index contributed by atoms with van der Waals surface area (Å²) in [6.45, 7) is 5.76. The maximum absolute atomic E-state index is 11.9. The monoisotopic (exact) mass is 351 g/mol. The molecule has 2 aromatic carbocycles. The Hall–Kier alpha value is -3.15. The molecule has 0 aliphatic carbocycles. The number of H-pyrrole nitrogens is 1. The van der Waals surface area contributed by atoms with E-state index in [0.29, 0.717) is 5.75 Å². The van der Waals surface area contributed by atoms with Gasteiger partial charge in [0.1, 0.15) is 5.75 Å². The number of rotatable bonds is 5. The third-order valence-electron chi connectivity index (χ3n) is 4.16. The predicted molar refractivity (Wildman–Crippen MR) is 100 cm³/mol. The summed E-state index contributed by atoms with van der Waals surface area (Å²) < 4.78 is 5.42. The second-order valence-corrected chi connectivity index (χ2v) is 6.21. The van der Waals surface area contributed by atoms with Crippen molar-refractivity contribution in [1.82, 2.24) is 4.98 Å². The molecule has 3 rings (SSSR count). The summed E-state index contributed by atoms with van der Waals surface area (Å²) in [6, 6.07) is 11.4. The van der Waals surface area contributed by atoms with Gasteiger partial charge in [-0.3, -0.25) is 4.79 Å². The summed E-state index contributed by atoms with van der Waals surface area (Å²) >= 11 is 0. The van der Waals surface area contributed by atoms with Crippen molar-refractivity contribution in [1.29, 1.82) is 0 Å². The Balaban J connectivity index is 1.72. The van der Waals surface area contributed by atoms with Gasteiger partial charge in [0.25, 0.3) is 0 Å². The van der Waals surface area contributed by atoms with Crippen molar-refractivity contribution in [3.63, 3.8) is 0 Å². The molecule has 0 aliphatic heterocycles. The van der Waals surface area contributed by atoms with Gasteiger partial charge in [0.2, 0.25) is 5.88 Å². The average molecular weight is 351 g/mol. The molecule has 2 N–H and O–H groups in total. The quantitative estimate of drug-likeness (QED) is 0.651. The molecule has 3 aromatic rings. The highest BCUT2D eigenvalue weighted by atomic mass is 16.5. The fraction of sp³-hybridized carbons (Fsp3) is 0.250. The van der Waals surface area contributed by atoms with Crippen LogP contribution in [0, 0.1) is 13.8 Å². The molecule has 0 unspecified atom stereocenters. The van der Waals surface area contributed by atoms with E-state index in [1.54, 1.807) is 0 Å². The van der Waals surface area contributed by atoms with Crippen molar-refractivity contribution in [2.24, 2.45) is 10.2 Å². The second-order valence-electron chi connectivity index (χ2n) is 6.21. The van der Waals surface area contributed by atoms with Crippen LogP contribution in [0.4, 0.5) is 5.69 Å². The number of nitrogens with one attached hydrogen (secondary N) is 1. The highest BCUT2D eigenvalue weighted by molar-refractivity contribution is 5.96. The first kappa shape index (κ1) is 17.7. The molecule has 0 spiro atoms. The fourth-order valence-corrected chi connectivity index (χ4v) is 2.83. The molecule has 0 bridgehead atoms. The smallest absolute Gasteiger partial charge is 0.302 e. The van der Waals surface area contributed by atoms with E-state index >= 15 is 0 Å². The molecule has 1 amide bonds. The van der Waals surface area contributed by atoms with Crippen LogP contribution in [0.1, 0.15) is 23.6 Å². The zero-order valence-corrected chi connectivity index (χ0v) is 15.0. The predicted octanol–water partition coefficient (Wildman–Crippen LogP) is 4.74. The molecule has 0 fully saturated rings. The van der Waals surface area contributed by atoms with Crippen molar-refractivity contribution in [2.45, 2.75) is 27.2 Å². The van der Waals surface area contributed by atoms with Gasteiger partial charge in [-0.25, -0.2) is 0 Å². The minimum absolute atomic E-state index is 0.110. The van der Waals surface area contributed by atoms with Gasteiger partial charge in [0.15, 0.2) is 12.3 Å². The van der Waals surface area contributed by atoms with Crippen LogP contribution >= 0.6 is 0 Å². The molecule has 26 heavy (non-hydrogen) atoms. The summed E-state index contributed by atoms with van der Waals surface area (Å²) in [7, 11) is 0. The maximum Gasteiger partial charge on any atom is 0.302 e. The highest BCUT2D eigenvalue weighted by Crippen LogP contribution is 2.37. The van der Waals surface area contributed by atoms with Crippen molar-refractivity contribution < 1.29 is 14.6 Å². The number of carbonyl (C=O) groups excluding carboxylic acids is 1. The number of amides is 1. The Morgan fingerprint density at radius 1 is 1.19 bits per heavy atom. The molecule has 0 saturated carbocycles. The minimum atomic E-state index is -0.525. The lowest BCUT2D eigenvalue weighted by molar-refractivity contribution is -0.120. The lowest BCUT2D eigenvalue weighted by Gasteiger charge is -2.03. The highest BCUT2D eigenvalue weighted by Gasteiger charge is 2.13. The number of aryl methyl sites for hydroxylation is 3. The van der Waals surface area contributed by atoms with Crippen LogP contribution in [0.2, 0.25) is 0 Å². The van der Waals surface area contributed by atoms with Crippen LogP contribution in [0.5, 0.6) is 11.6 Å². The van der Waals surface area contributed by atoms with E-state index in [9.17, 15) is 9.90 Å². The van der Waals surface area contributed by atoms with Gasteiger partial charge in [-0.2, -0.15) is 0 Å². The number of aromatic hydroxyl groups is 1. The number of hydrogen-bond donors (Lipinski definition) is 2. The van der Waals surface area contributed by atoms with Crippen LogP contribution in [0.25, 0.3) is 10.9 Å². The normalized spacial score (nSPS) is 11.3. The number of ether oxygens (including phenoxy) is 1. The standard InChI is InChI=1S/C20H21N3O3/c1-4-14-5-7-15(8-6-14)26-11-17(24)22-23-19-16-10-12(2)9-13(3)18(16)21-20(19)25/h5-10,21,25H,4,11H2,1-3H3. The van der Waals surface area contributed by atoms with E-state index in [4.69, 9.17) is 4.74 Å². The van der Waals surface area contributed by atoms with E-state index in [0.717, 1.165) is 28.5 Å². The Morgan fingerprint density at radius 3 is 2.62 bits per heavy atom. The van der Waals surface area contributed by atoms with Gasteiger partial charge in [0.05, 0.1) is 5.52 Å². The molecule has 1 heterocycles. The number of fused-ring (bicyclic) bond motifs is 1. The number of aromatic nitrogens is 1. The molecular weight excluding hydrogens is 330 g/mol. The van der Waals surface area contributed by atoms with Gasteiger partial charge < -0.3 is 14.8 Å². The molecule has 6 nitrogen and oxygen atoms in total. The molecule has 0 aliphatic rings. The zero-order valence-electron chi connectivity index (χ0n) is 15.0. The SMILES string of the molecule is CCc1ccc(OCC(=O)N=Nc2c(O)[nH]c3c(C)cc(C)cc23)cc1. The van der Waals surface area contributed by atoms with E-state index < -0.39 is 5.91 Å². The first-order valence-electron chi connectivity index (χ1n) is 8.46. The number of benzene rings is 2. The first-order valence-corrected chi connectivity index (χ1v) is 8.46. The molecule has 1 aromatic heterocycles. The van der Waals surface area contributed by atoms with E-state index in [1.165, 1.54) is 5.56 Å². The summed E-state index contributed by atoms with van der Waals surface area (Å²) in [5, 5.41) is 18.4. The Labute approximate surface area is 151 Å². The number of azo groups is 1. The number of carbonyl (C=O) groups is 1. The Morgan fingerprint density at radius 2 is 1.92 bits per heavy atom. The van der Waals surface area contributed by atoms with Crippen LogP contribution < -0.4 is 4.74 Å². The van der Waals surface area contributed by atoms with Crippen molar-refractivity contribution in [3.05, 3.63) is 53.1 Å². The Kier molecular flexibility index (Phi) is 5.02. The molecule has 0 saturated heterocycles. The Bertz CT molecular complexity index is 972. The van der Waals surface area contributed by atoms with Gasteiger partial charge in [-0.05, 0) is 49.6 Å². The second kappa shape index (κ2) is 7.39. The molecule has 6 heteroatoms. The third kappa shape index (κ3) is 3.74. The molecular formula is C20H21N3O3. The van der Waals surface area contributed by atoms with Crippen LogP contribution in [-0.4, -0.2) is 22.6 Å². The van der Waals surface area contributed by atoms with E-state index in [1.807, 2.05) is 50.2 Å². The number of hydrogen-bond acceptors (Lipinski definition) is 4. The lowest BCUT2D eigenvalue weighted by atomic mass is 10.1. The van der Waals surface area contributed by atoms with Gasteiger partial charge in [-0.1, -0.05) is 30.7 Å². The van der Waals surface area contributed by atoms with Gasteiger partial charge in [0, 0.05) is 5.39 Å². The summed E-state index contributed by atoms with van der Waals surface area (Å²) in [5.74, 6) is -0.0315. The van der Waals surface area contributed by atoms with Gasteiger partial charge >= 0.3 is 5.91 Å². The fourth-order valence-electron chi connectivity index (χ4n) is 2.83. The zero-order chi connectivity index (χ0) is 18.7. The third-order valence-corrected chi connectivity index (χ3v) is 4.16. The lowest BCUT2D eigenvalue weighted by Crippen LogP contribution is -2.07. The van der Waals surface area contributed by atoms with Gasteiger partial charge in [-0.15, -0.1) is 10.2 Å². The number of nitrogens with zero attached hydrogens (tertiary/aromatic N) is 2.